The standard InChI is InChI=1S/C12H18ClN/c1-4-5-12(14)10-7-11(13)9(3)6-8(10)2/h6-7,12H,4-5,14H2,1-3H3. The summed E-state index contributed by atoms with van der Waals surface area (Å²) in [6.45, 7) is 6.25. The zero-order valence-electron chi connectivity index (χ0n) is 9.10. The molecule has 1 aromatic carbocycles. The van der Waals surface area contributed by atoms with Gasteiger partial charge in [-0.05, 0) is 43.0 Å². The molecule has 0 heterocycles. The lowest BCUT2D eigenvalue weighted by atomic mass is 9.97. The highest BCUT2D eigenvalue weighted by molar-refractivity contribution is 6.31. The molecular formula is C12H18ClN. The summed E-state index contributed by atoms with van der Waals surface area (Å²) in [5, 5.41) is 0.817. The Morgan fingerprint density at radius 3 is 2.50 bits per heavy atom. The molecule has 0 saturated carbocycles. The van der Waals surface area contributed by atoms with Crippen LogP contribution < -0.4 is 5.73 Å². The Morgan fingerprint density at radius 2 is 1.93 bits per heavy atom. The first kappa shape index (κ1) is 11.5. The summed E-state index contributed by atoms with van der Waals surface area (Å²) in [6.07, 6.45) is 2.12. The summed E-state index contributed by atoms with van der Waals surface area (Å²) in [6, 6.07) is 4.23. The zero-order valence-corrected chi connectivity index (χ0v) is 9.86. The van der Waals surface area contributed by atoms with Crippen LogP contribution in [0, 0.1) is 13.8 Å². The minimum absolute atomic E-state index is 0.123. The molecule has 0 aliphatic heterocycles. The lowest BCUT2D eigenvalue weighted by Crippen LogP contribution is -2.11. The van der Waals surface area contributed by atoms with Gasteiger partial charge in [0.25, 0.3) is 0 Å². The van der Waals surface area contributed by atoms with Crippen molar-refractivity contribution in [1.29, 1.82) is 0 Å². The van der Waals surface area contributed by atoms with Crippen LogP contribution >= 0.6 is 11.6 Å². The quantitative estimate of drug-likeness (QED) is 0.810. The topological polar surface area (TPSA) is 26.0 Å². The molecule has 0 bridgehead atoms. The van der Waals surface area contributed by atoms with E-state index < -0.39 is 0 Å². The van der Waals surface area contributed by atoms with E-state index in [0.29, 0.717) is 0 Å². The second-order valence-electron chi connectivity index (χ2n) is 3.85. The summed E-state index contributed by atoms with van der Waals surface area (Å²) < 4.78 is 0. The van der Waals surface area contributed by atoms with Gasteiger partial charge in [-0.1, -0.05) is 31.0 Å². The van der Waals surface area contributed by atoms with E-state index in [1.807, 2.05) is 13.0 Å². The van der Waals surface area contributed by atoms with Gasteiger partial charge in [0.1, 0.15) is 0 Å². The van der Waals surface area contributed by atoms with Gasteiger partial charge in [0, 0.05) is 11.1 Å². The lowest BCUT2D eigenvalue weighted by Gasteiger charge is -2.15. The molecule has 0 fully saturated rings. The number of benzene rings is 1. The maximum Gasteiger partial charge on any atom is 0.0438 e. The van der Waals surface area contributed by atoms with Gasteiger partial charge >= 0.3 is 0 Å². The molecule has 0 aliphatic carbocycles. The third-order valence-corrected chi connectivity index (χ3v) is 2.95. The minimum atomic E-state index is 0.123. The molecular weight excluding hydrogens is 194 g/mol. The van der Waals surface area contributed by atoms with Gasteiger partial charge < -0.3 is 5.73 Å². The van der Waals surface area contributed by atoms with Gasteiger partial charge in [0.05, 0.1) is 0 Å². The van der Waals surface area contributed by atoms with Crippen molar-refractivity contribution in [3.63, 3.8) is 0 Å². The molecule has 1 unspecified atom stereocenters. The van der Waals surface area contributed by atoms with E-state index in [9.17, 15) is 0 Å². The molecule has 1 rings (SSSR count). The first-order chi connectivity index (χ1) is 6.56. The maximum atomic E-state index is 6.07. The van der Waals surface area contributed by atoms with Crippen molar-refractivity contribution in [2.45, 2.75) is 39.7 Å². The van der Waals surface area contributed by atoms with Crippen molar-refractivity contribution in [2.75, 3.05) is 0 Å². The summed E-state index contributed by atoms with van der Waals surface area (Å²) in [5.41, 5.74) is 9.61. The number of hydrogen-bond acceptors (Lipinski definition) is 1. The summed E-state index contributed by atoms with van der Waals surface area (Å²) in [7, 11) is 0. The lowest BCUT2D eigenvalue weighted by molar-refractivity contribution is 0.635. The van der Waals surface area contributed by atoms with Crippen LogP contribution in [0.5, 0.6) is 0 Å². The zero-order chi connectivity index (χ0) is 10.7. The highest BCUT2D eigenvalue weighted by atomic mass is 35.5. The summed E-state index contributed by atoms with van der Waals surface area (Å²) >= 11 is 6.07. The predicted octanol–water partition coefficient (Wildman–Crippen LogP) is 3.76. The molecule has 1 nitrogen and oxygen atoms in total. The Kier molecular flexibility index (Phi) is 3.97. The highest BCUT2D eigenvalue weighted by Crippen LogP contribution is 2.26. The number of aryl methyl sites for hydroxylation is 2. The normalized spacial score (nSPS) is 12.9. The predicted molar refractivity (Wildman–Crippen MR) is 62.8 cm³/mol. The van der Waals surface area contributed by atoms with Crippen LogP contribution in [0.25, 0.3) is 0 Å². The Bertz CT molecular complexity index is 320. The average Bonchev–Trinajstić information content (AvgIpc) is 2.11. The number of hydrogen-bond donors (Lipinski definition) is 1. The molecule has 2 heteroatoms. The Balaban J connectivity index is 3.02. The fourth-order valence-electron chi connectivity index (χ4n) is 1.71. The fraction of sp³-hybridized carbons (Fsp3) is 0.500. The molecule has 0 aromatic heterocycles. The number of halogens is 1. The van der Waals surface area contributed by atoms with E-state index in [4.69, 9.17) is 17.3 Å². The van der Waals surface area contributed by atoms with Crippen LogP contribution in [-0.2, 0) is 0 Å². The molecule has 1 aromatic rings. The third kappa shape index (κ3) is 2.49. The van der Waals surface area contributed by atoms with Crippen LogP contribution in [0.1, 0.15) is 42.5 Å². The molecule has 0 saturated heterocycles. The Hall–Kier alpha value is -0.530. The van der Waals surface area contributed by atoms with E-state index in [1.54, 1.807) is 0 Å². The first-order valence-electron chi connectivity index (χ1n) is 5.08. The average molecular weight is 212 g/mol. The molecule has 0 radical (unpaired) electrons. The van der Waals surface area contributed by atoms with E-state index in [1.165, 1.54) is 11.1 Å². The van der Waals surface area contributed by atoms with Crippen LogP contribution in [0.15, 0.2) is 12.1 Å². The second-order valence-corrected chi connectivity index (χ2v) is 4.26. The Labute approximate surface area is 91.3 Å². The van der Waals surface area contributed by atoms with Crippen LogP contribution in [0.3, 0.4) is 0 Å². The minimum Gasteiger partial charge on any atom is -0.324 e. The van der Waals surface area contributed by atoms with Gasteiger partial charge in [0.2, 0.25) is 0 Å². The molecule has 1 atom stereocenters. The van der Waals surface area contributed by atoms with Gasteiger partial charge in [-0.2, -0.15) is 0 Å². The summed E-state index contributed by atoms with van der Waals surface area (Å²) in [4.78, 5) is 0. The van der Waals surface area contributed by atoms with E-state index >= 15 is 0 Å². The van der Waals surface area contributed by atoms with Crippen molar-refractivity contribution in [2.24, 2.45) is 5.73 Å². The molecule has 78 valence electrons. The molecule has 2 N–H and O–H groups in total. The molecule has 0 spiro atoms. The number of nitrogens with two attached hydrogens (primary N) is 1. The number of rotatable bonds is 3. The first-order valence-corrected chi connectivity index (χ1v) is 5.46. The Morgan fingerprint density at radius 1 is 1.29 bits per heavy atom. The summed E-state index contributed by atoms with van der Waals surface area (Å²) in [5.74, 6) is 0. The van der Waals surface area contributed by atoms with Crippen molar-refractivity contribution in [3.05, 3.63) is 33.8 Å². The maximum absolute atomic E-state index is 6.07. The van der Waals surface area contributed by atoms with E-state index in [0.717, 1.165) is 23.4 Å². The third-order valence-electron chi connectivity index (χ3n) is 2.55. The largest absolute Gasteiger partial charge is 0.324 e. The fourth-order valence-corrected chi connectivity index (χ4v) is 1.88. The smallest absolute Gasteiger partial charge is 0.0438 e. The van der Waals surface area contributed by atoms with Crippen molar-refractivity contribution in [1.82, 2.24) is 0 Å². The second kappa shape index (κ2) is 4.81. The molecule has 0 aliphatic rings. The van der Waals surface area contributed by atoms with Crippen molar-refractivity contribution in [3.8, 4) is 0 Å². The van der Waals surface area contributed by atoms with Crippen LogP contribution in [0.2, 0.25) is 5.02 Å². The van der Waals surface area contributed by atoms with E-state index in [2.05, 4.69) is 19.9 Å². The van der Waals surface area contributed by atoms with E-state index in [-0.39, 0.29) is 6.04 Å². The monoisotopic (exact) mass is 211 g/mol. The molecule has 0 amide bonds. The van der Waals surface area contributed by atoms with Gasteiger partial charge in [-0.3, -0.25) is 0 Å². The van der Waals surface area contributed by atoms with Gasteiger partial charge in [-0.25, -0.2) is 0 Å². The van der Waals surface area contributed by atoms with Gasteiger partial charge in [0.15, 0.2) is 0 Å². The van der Waals surface area contributed by atoms with Crippen molar-refractivity contribution >= 4 is 11.6 Å². The molecule has 14 heavy (non-hydrogen) atoms. The SMILES string of the molecule is CCCC(N)c1cc(Cl)c(C)cc1C. The van der Waals surface area contributed by atoms with Crippen LogP contribution in [0.4, 0.5) is 0 Å². The van der Waals surface area contributed by atoms with Crippen LogP contribution in [-0.4, -0.2) is 0 Å². The highest BCUT2D eigenvalue weighted by Gasteiger charge is 2.09. The van der Waals surface area contributed by atoms with Gasteiger partial charge in [-0.15, -0.1) is 0 Å². The van der Waals surface area contributed by atoms with Crippen molar-refractivity contribution < 1.29 is 0 Å².